The summed E-state index contributed by atoms with van der Waals surface area (Å²) in [5.74, 6) is -0.0365. The second-order valence-electron chi connectivity index (χ2n) is 2.27. The van der Waals surface area contributed by atoms with E-state index in [4.69, 9.17) is 5.11 Å². The van der Waals surface area contributed by atoms with Crippen LogP contribution in [0.3, 0.4) is 0 Å². The van der Waals surface area contributed by atoms with Gasteiger partial charge < -0.3 is 5.11 Å². The smallest absolute Gasteiger partial charge is 0.309 e. The van der Waals surface area contributed by atoms with Gasteiger partial charge in [-0.2, -0.15) is 0 Å². The van der Waals surface area contributed by atoms with Gasteiger partial charge in [0.2, 0.25) is 0 Å². The molecule has 0 aliphatic carbocycles. The van der Waals surface area contributed by atoms with Gasteiger partial charge in [-0.25, -0.2) is 4.98 Å². The first-order valence-corrected chi connectivity index (χ1v) is 5.49. The quantitative estimate of drug-likeness (QED) is 0.603. The van der Waals surface area contributed by atoms with Gasteiger partial charge in [-0.1, -0.05) is 17.8 Å². The van der Waals surface area contributed by atoms with Crippen LogP contribution in [0.5, 0.6) is 0 Å². The van der Waals surface area contributed by atoms with Crippen LogP contribution in [-0.4, -0.2) is 21.8 Å². The first-order chi connectivity index (χ1) is 6.22. The van der Waals surface area contributed by atoms with Crippen LogP contribution in [0.1, 0.15) is 5.69 Å². The van der Waals surface area contributed by atoms with Gasteiger partial charge >= 0.3 is 5.97 Å². The minimum absolute atomic E-state index is 0.00511. The van der Waals surface area contributed by atoms with Crippen LogP contribution in [0.15, 0.2) is 22.4 Å². The maximum atomic E-state index is 10.3. The minimum atomic E-state index is -0.842. The number of carboxylic acids is 1. The highest BCUT2D eigenvalue weighted by molar-refractivity contribution is 8.01. The molecular formula is C8H9NO2S2. The molecular weight excluding hydrogens is 206 g/mol. The SMILES string of the molecule is C=CCSc1nc(CC(=O)O)cs1. The highest BCUT2D eigenvalue weighted by Gasteiger charge is 2.05. The number of hydrogen-bond donors (Lipinski definition) is 1. The third kappa shape index (κ3) is 3.61. The average molecular weight is 215 g/mol. The van der Waals surface area contributed by atoms with Crippen molar-refractivity contribution in [3.8, 4) is 0 Å². The fraction of sp³-hybridized carbons (Fsp3) is 0.250. The van der Waals surface area contributed by atoms with E-state index in [-0.39, 0.29) is 6.42 Å². The fourth-order valence-electron chi connectivity index (χ4n) is 0.721. The monoisotopic (exact) mass is 215 g/mol. The van der Waals surface area contributed by atoms with Crippen LogP contribution < -0.4 is 0 Å². The largest absolute Gasteiger partial charge is 0.481 e. The predicted octanol–water partition coefficient (Wildman–Crippen LogP) is 2.05. The number of carboxylic acid groups (broad SMARTS) is 1. The number of rotatable bonds is 5. The van der Waals surface area contributed by atoms with Crippen molar-refractivity contribution in [1.82, 2.24) is 4.98 Å². The Morgan fingerprint density at radius 2 is 2.62 bits per heavy atom. The lowest BCUT2D eigenvalue weighted by Gasteiger charge is -1.89. The number of carbonyl (C=O) groups is 1. The molecule has 1 rings (SSSR count). The van der Waals surface area contributed by atoms with E-state index < -0.39 is 5.97 Å². The van der Waals surface area contributed by atoms with Crippen LogP contribution in [0.25, 0.3) is 0 Å². The molecule has 70 valence electrons. The number of thiazole rings is 1. The van der Waals surface area contributed by atoms with Crippen molar-refractivity contribution in [2.24, 2.45) is 0 Å². The maximum absolute atomic E-state index is 10.3. The fourth-order valence-corrected chi connectivity index (χ4v) is 2.33. The highest BCUT2D eigenvalue weighted by atomic mass is 32.2. The Bertz CT molecular complexity index is 309. The summed E-state index contributed by atoms with van der Waals surface area (Å²) in [5.41, 5.74) is 0.629. The molecule has 5 heteroatoms. The zero-order valence-corrected chi connectivity index (χ0v) is 8.53. The number of hydrogen-bond acceptors (Lipinski definition) is 4. The van der Waals surface area contributed by atoms with E-state index >= 15 is 0 Å². The van der Waals surface area contributed by atoms with E-state index in [0.717, 1.165) is 10.1 Å². The first-order valence-electron chi connectivity index (χ1n) is 3.62. The molecule has 0 spiro atoms. The summed E-state index contributed by atoms with van der Waals surface area (Å²) in [6, 6.07) is 0. The van der Waals surface area contributed by atoms with Crippen LogP contribution in [0.2, 0.25) is 0 Å². The molecule has 0 aliphatic rings. The van der Waals surface area contributed by atoms with Crippen LogP contribution >= 0.6 is 23.1 Å². The summed E-state index contributed by atoms with van der Waals surface area (Å²) in [6.07, 6.45) is 1.80. The first kappa shape index (κ1) is 10.3. The molecule has 0 fully saturated rings. The van der Waals surface area contributed by atoms with Crippen LogP contribution in [0, 0.1) is 0 Å². The Morgan fingerprint density at radius 1 is 1.85 bits per heavy atom. The van der Waals surface area contributed by atoms with Crippen LogP contribution in [-0.2, 0) is 11.2 Å². The summed E-state index contributed by atoms with van der Waals surface area (Å²) in [5, 5.41) is 10.3. The molecule has 0 saturated heterocycles. The van der Waals surface area contributed by atoms with Gasteiger partial charge in [-0.3, -0.25) is 4.79 Å². The van der Waals surface area contributed by atoms with Crippen molar-refractivity contribution in [1.29, 1.82) is 0 Å². The molecule has 0 amide bonds. The molecule has 0 atom stereocenters. The van der Waals surface area contributed by atoms with Gasteiger partial charge in [0.25, 0.3) is 0 Å². The number of aromatic nitrogens is 1. The molecule has 1 N–H and O–H groups in total. The zero-order chi connectivity index (χ0) is 9.68. The summed E-state index contributed by atoms with van der Waals surface area (Å²) in [7, 11) is 0. The second kappa shape index (κ2) is 5.04. The van der Waals surface area contributed by atoms with Gasteiger partial charge in [0, 0.05) is 11.1 Å². The third-order valence-corrected chi connectivity index (χ3v) is 3.25. The molecule has 0 saturated carbocycles. The minimum Gasteiger partial charge on any atom is -0.481 e. The Hall–Kier alpha value is -0.810. The van der Waals surface area contributed by atoms with Crippen molar-refractivity contribution < 1.29 is 9.90 Å². The zero-order valence-electron chi connectivity index (χ0n) is 6.90. The van der Waals surface area contributed by atoms with Gasteiger partial charge in [0.1, 0.15) is 4.34 Å². The summed E-state index contributed by atoms with van der Waals surface area (Å²) >= 11 is 3.04. The molecule has 13 heavy (non-hydrogen) atoms. The normalized spacial score (nSPS) is 9.85. The number of thioether (sulfide) groups is 1. The Morgan fingerprint density at radius 3 is 3.23 bits per heavy atom. The molecule has 0 aromatic carbocycles. The van der Waals surface area contributed by atoms with Gasteiger partial charge in [-0.05, 0) is 0 Å². The van der Waals surface area contributed by atoms with Crippen molar-refractivity contribution in [2.45, 2.75) is 10.8 Å². The molecule has 0 bridgehead atoms. The number of nitrogens with zero attached hydrogens (tertiary/aromatic N) is 1. The second-order valence-corrected chi connectivity index (χ2v) is 4.40. The van der Waals surface area contributed by atoms with Crippen molar-refractivity contribution >= 4 is 29.1 Å². The standard InChI is InChI=1S/C8H9NO2S2/c1-2-3-12-8-9-6(5-13-8)4-7(10)11/h2,5H,1,3-4H2,(H,10,11). The lowest BCUT2D eigenvalue weighted by molar-refractivity contribution is -0.136. The van der Waals surface area contributed by atoms with E-state index in [1.165, 1.54) is 11.3 Å². The Kier molecular flexibility index (Phi) is 3.98. The average Bonchev–Trinajstić information content (AvgIpc) is 2.48. The van der Waals surface area contributed by atoms with E-state index in [2.05, 4.69) is 11.6 Å². The van der Waals surface area contributed by atoms with E-state index in [0.29, 0.717) is 5.69 Å². The summed E-state index contributed by atoms with van der Waals surface area (Å²) in [4.78, 5) is 14.5. The molecule has 0 unspecified atom stereocenters. The van der Waals surface area contributed by atoms with E-state index in [1.807, 2.05) is 0 Å². The molecule has 0 radical (unpaired) electrons. The maximum Gasteiger partial charge on any atom is 0.309 e. The molecule has 3 nitrogen and oxygen atoms in total. The lowest BCUT2D eigenvalue weighted by Crippen LogP contribution is -1.99. The molecule has 1 heterocycles. The summed E-state index contributed by atoms with van der Waals surface area (Å²) in [6.45, 7) is 3.59. The van der Waals surface area contributed by atoms with Crippen molar-refractivity contribution in [3.63, 3.8) is 0 Å². The molecule has 1 aromatic heterocycles. The Labute approximate surface area is 84.5 Å². The Balaban J connectivity index is 2.53. The predicted molar refractivity (Wildman–Crippen MR) is 54.4 cm³/mol. The molecule has 1 aromatic rings. The van der Waals surface area contributed by atoms with Crippen molar-refractivity contribution in [2.75, 3.05) is 5.75 Å². The van der Waals surface area contributed by atoms with E-state index in [1.54, 1.807) is 23.2 Å². The molecule has 0 aliphatic heterocycles. The highest BCUT2D eigenvalue weighted by Crippen LogP contribution is 2.22. The summed E-state index contributed by atoms with van der Waals surface area (Å²) < 4.78 is 0.899. The van der Waals surface area contributed by atoms with Gasteiger partial charge in [0.05, 0.1) is 12.1 Å². The van der Waals surface area contributed by atoms with Gasteiger partial charge in [0.15, 0.2) is 0 Å². The van der Waals surface area contributed by atoms with Crippen LogP contribution in [0.4, 0.5) is 0 Å². The topological polar surface area (TPSA) is 50.2 Å². The van der Waals surface area contributed by atoms with Crippen molar-refractivity contribution in [3.05, 3.63) is 23.7 Å². The number of aliphatic carboxylic acids is 1. The third-order valence-electron chi connectivity index (χ3n) is 1.19. The van der Waals surface area contributed by atoms with E-state index in [9.17, 15) is 4.79 Å². The lowest BCUT2D eigenvalue weighted by atomic mass is 10.3. The van der Waals surface area contributed by atoms with Gasteiger partial charge in [-0.15, -0.1) is 17.9 Å².